The molecule has 2 aliphatic heterocycles. The van der Waals surface area contributed by atoms with E-state index in [1.807, 2.05) is 42.5 Å². The van der Waals surface area contributed by atoms with Gasteiger partial charge in [0.2, 0.25) is 0 Å². The Morgan fingerprint density at radius 1 is 0.861 bits per heavy atom. The second kappa shape index (κ2) is 11.8. The Labute approximate surface area is 218 Å². The summed E-state index contributed by atoms with van der Waals surface area (Å²) in [5.41, 5.74) is 2.22. The van der Waals surface area contributed by atoms with Crippen LogP contribution in [0.1, 0.15) is 38.9 Å². The quantitative estimate of drug-likeness (QED) is 0.393. The summed E-state index contributed by atoms with van der Waals surface area (Å²) >= 11 is 2.65. The first-order valence-electron chi connectivity index (χ1n) is 11.5. The van der Waals surface area contributed by atoms with Crippen molar-refractivity contribution in [3.05, 3.63) is 71.3 Å². The van der Waals surface area contributed by atoms with Gasteiger partial charge in [-0.1, -0.05) is 42.5 Å². The largest absolute Gasteiger partial charge is 0.468 e. The zero-order valence-electron chi connectivity index (χ0n) is 20.0. The Hall–Kier alpha value is -2.98. The van der Waals surface area contributed by atoms with Gasteiger partial charge in [0.25, 0.3) is 5.91 Å². The molecule has 36 heavy (non-hydrogen) atoms. The zero-order chi connectivity index (χ0) is 25.7. The number of ether oxygens (including phenoxy) is 3. The molecule has 1 amide bonds. The summed E-state index contributed by atoms with van der Waals surface area (Å²) in [4.78, 5) is 51.8. The lowest BCUT2D eigenvalue weighted by molar-refractivity contribution is -0.149. The minimum Gasteiger partial charge on any atom is -0.468 e. The van der Waals surface area contributed by atoms with E-state index in [0.29, 0.717) is 18.5 Å². The van der Waals surface area contributed by atoms with Crippen LogP contribution in [-0.4, -0.2) is 66.0 Å². The summed E-state index contributed by atoms with van der Waals surface area (Å²) in [5.74, 6) is -1.58. The molecule has 0 bridgehead atoms. The third-order valence-corrected chi connectivity index (χ3v) is 9.52. The van der Waals surface area contributed by atoms with E-state index in [-0.39, 0.29) is 17.1 Å². The highest BCUT2D eigenvalue weighted by Gasteiger charge is 2.46. The highest BCUT2D eigenvalue weighted by Crippen LogP contribution is 2.54. The minimum atomic E-state index is -0.675. The number of benzene rings is 2. The Kier molecular flexibility index (Phi) is 8.58. The molecule has 2 aliphatic rings. The molecule has 2 aromatic carbocycles. The fraction of sp³-hybridized carbons (Fsp3) is 0.385. The number of carbonyl (C=O) groups excluding carboxylic acids is 4. The van der Waals surface area contributed by atoms with Gasteiger partial charge < -0.3 is 19.1 Å². The average molecular weight is 530 g/mol. The van der Waals surface area contributed by atoms with Crippen LogP contribution < -0.4 is 0 Å². The van der Waals surface area contributed by atoms with Crippen molar-refractivity contribution in [2.24, 2.45) is 0 Å². The second-order valence-electron chi connectivity index (χ2n) is 8.36. The lowest BCUT2D eigenvalue weighted by Gasteiger charge is -2.23. The van der Waals surface area contributed by atoms with Crippen molar-refractivity contribution in [2.75, 3.05) is 20.8 Å². The molecule has 10 heteroatoms. The van der Waals surface area contributed by atoms with Gasteiger partial charge in [0.05, 0.1) is 18.8 Å². The molecule has 0 radical (unpaired) electrons. The van der Waals surface area contributed by atoms with Crippen LogP contribution in [0.15, 0.2) is 54.6 Å². The maximum absolute atomic E-state index is 13.2. The Morgan fingerprint density at radius 3 is 2.06 bits per heavy atom. The molecule has 2 fully saturated rings. The van der Waals surface area contributed by atoms with Crippen LogP contribution in [0.25, 0.3) is 0 Å². The molecule has 0 aromatic heterocycles. The van der Waals surface area contributed by atoms with Gasteiger partial charge in [-0.05, 0) is 36.1 Å². The third kappa shape index (κ3) is 5.70. The van der Waals surface area contributed by atoms with Crippen LogP contribution >= 0.6 is 23.5 Å². The van der Waals surface area contributed by atoms with Gasteiger partial charge in [0, 0.05) is 12.1 Å². The maximum atomic E-state index is 13.2. The minimum absolute atomic E-state index is 0.169. The maximum Gasteiger partial charge on any atom is 0.329 e. The number of esters is 3. The lowest BCUT2D eigenvalue weighted by Crippen LogP contribution is -2.41. The summed E-state index contributed by atoms with van der Waals surface area (Å²) in [5, 5.41) is -1.35. The van der Waals surface area contributed by atoms with Crippen molar-refractivity contribution < 1.29 is 33.4 Å². The van der Waals surface area contributed by atoms with Crippen LogP contribution in [0.2, 0.25) is 0 Å². The van der Waals surface area contributed by atoms with E-state index in [2.05, 4.69) is 0 Å². The number of hydrogen-bond donors (Lipinski definition) is 0. The van der Waals surface area contributed by atoms with Gasteiger partial charge in [-0.15, -0.1) is 23.5 Å². The molecule has 2 saturated heterocycles. The SMILES string of the molecule is COC(=O)C1SC(c2ccc(C(=O)N3CCC[C@H]3C(=O)OCc3ccccc3)cc2)SC1C(=O)OC. The van der Waals surface area contributed by atoms with Crippen LogP contribution in [0.5, 0.6) is 0 Å². The molecule has 0 aliphatic carbocycles. The van der Waals surface area contributed by atoms with E-state index in [1.54, 1.807) is 17.0 Å². The van der Waals surface area contributed by atoms with E-state index in [1.165, 1.54) is 37.7 Å². The molecule has 8 nitrogen and oxygen atoms in total. The van der Waals surface area contributed by atoms with Crippen molar-refractivity contribution in [3.63, 3.8) is 0 Å². The van der Waals surface area contributed by atoms with Crippen LogP contribution in [-0.2, 0) is 35.2 Å². The van der Waals surface area contributed by atoms with Gasteiger partial charge in [-0.2, -0.15) is 0 Å². The van der Waals surface area contributed by atoms with Gasteiger partial charge >= 0.3 is 17.9 Å². The monoisotopic (exact) mass is 529 g/mol. The fourth-order valence-corrected chi connectivity index (χ4v) is 7.66. The number of likely N-dealkylation sites (tertiary alicyclic amines) is 1. The van der Waals surface area contributed by atoms with E-state index in [0.717, 1.165) is 17.5 Å². The fourth-order valence-electron chi connectivity index (χ4n) is 4.22. The first-order valence-corrected chi connectivity index (χ1v) is 13.4. The van der Waals surface area contributed by atoms with Crippen LogP contribution in [0, 0.1) is 0 Å². The van der Waals surface area contributed by atoms with E-state index >= 15 is 0 Å². The summed E-state index contributed by atoms with van der Waals surface area (Å²) in [7, 11) is 2.58. The number of rotatable bonds is 7. The molecule has 3 atom stereocenters. The Balaban J connectivity index is 1.41. The van der Waals surface area contributed by atoms with Crippen LogP contribution in [0.3, 0.4) is 0 Å². The topological polar surface area (TPSA) is 99.2 Å². The van der Waals surface area contributed by atoms with Crippen molar-refractivity contribution in [3.8, 4) is 0 Å². The van der Waals surface area contributed by atoms with E-state index < -0.39 is 34.4 Å². The summed E-state index contributed by atoms with van der Waals surface area (Å²) in [6, 6.07) is 15.9. The van der Waals surface area contributed by atoms with Crippen molar-refractivity contribution in [2.45, 2.75) is 40.6 Å². The summed E-state index contributed by atoms with van der Waals surface area (Å²) in [6.45, 7) is 0.657. The second-order valence-corrected chi connectivity index (χ2v) is 11.2. The summed E-state index contributed by atoms with van der Waals surface area (Å²) in [6.07, 6.45) is 1.30. The Morgan fingerprint density at radius 2 is 1.47 bits per heavy atom. The number of nitrogens with zero attached hydrogens (tertiary/aromatic N) is 1. The molecule has 2 aromatic rings. The van der Waals surface area contributed by atoms with Crippen molar-refractivity contribution in [1.29, 1.82) is 0 Å². The molecule has 0 saturated carbocycles. The van der Waals surface area contributed by atoms with E-state index in [4.69, 9.17) is 14.2 Å². The van der Waals surface area contributed by atoms with E-state index in [9.17, 15) is 19.2 Å². The third-order valence-electron chi connectivity index (χ3n) is 6.12. The van der Waals surface area contributed by atoms with Gasteiger partial charge in [0.15, 0.2) is 0 Å². The molecule has 0 spiro atoms. The number of hydrogen-bond acceptors (Lipinski definition) is 9. The predicted octanol–water partition coefficient (Wildman–Crippen LogP) is 3.60. The van der Waals surface area contributed by atoms with Crippen molar-refractivity contribution >= 4 is 47.3 Å². The smallest absolute Gasteiger partial charge is 0.329 e. The Bertz CT molecular complexity index is 1090. The molecule has 0 N–H and O–H groups in total. The average Bonchev–Trinajstić information content (AvgIpc) is 3.59. The first-order chi connectivity index (χ1) is 17.4. The normalized spacial score (nSPS) is 23.2. The number of amides is 1. The van der Waals surface area contributed by atoms with Gasteiger partial charge in [-0.25, -0.2) is 4.79 Å². The predicted molar refractivity (Wildman–Crippen MR) is 136 cm³/mol. The zero-order valence-corrected chi connectivity index (χ0v) is 21.6. The molecule has 4 rings (SSSR count). The van der Waals surface area contributed by atoms with Crippen LogP contribution in [0.4, 0.5) is 0 Å². The highest BCUT2D eigenvalue weighted by atomic mass is 32.2. The molecular formula is C26H27NO7S2. The molecule has 2 heterocycles. The molecular weight excluding hydrogens is 502 g/mol. The number of thioether (sulfide) groups is 2. The lowest BCUT2D eigenvalue weighted by atomic mass is 10.1. The summed E-state index contributed by atoms with van der Waals surface area (Å²) < 4.78 is 15.0. The highest BCUT2D eigenvalue weighted by molar-refractivity contribution is 8.21. The molecule has 2 unspecified atom stereocenters. The van der Waals surface area contributed by atoms with Crippen molar-refractivity contribution in [1.82, 2.24) is 4.90 Å². The van der Waals surface area contributed by atoms with Gasteiger partial charge in [0.1, 0.15) is 23.1 Å². The van der Waals surface area contributed by atoms with Gasteiger partial charge in [-0.3, -0.25) is 14.4 Å². The standard InChI is InChI=1S/C26H27NO7S2/c1-32-24(30)20-21(25(31)33-2)36-26(35-20)18-12-10-17(11-13-18)22(28)27-14-6-9-19(27)23(29)34-15-16-7-4-3-5-8-16/h3-5,7-8,10-13,19-21,26H,6,9,14-15H2,1-2H3/t19-,20?,21?,26?/m0/s1. The number of carbonyl (C=O) groups is 4. The molecule has 190 valence electrons. The first kappa shape index (κ1) is 26.1. The number of methoxy groups -OCH3 is 2.